The SMILES string of the molecule is CCn1c2ccccc2c2cc(-c3nc(-c4ccc(N5CCN(C)CC5)cc4)c(-c4ccc(N5CCN(C)CC5)cc4)n3CCO[C@@H]3O[C@H](COC(C)=O)[C@@H](OC(C)=O)[C@H](OC(C)=O)[C@H]3OC(C)=O)ccc21. The molecule has 3 fully saturated rings. The first kappa shape index (κ1) is 50.2. The Morgan fingerprint density at radius 3 is 1.72 bits per heavy atom. The molecule has 0 N–H and O–H groups in total. The summed E-state index contributed by atoms with van der Waals surface area (Å²) in [5.74, 6) is -2.06. The molecule has 0 unspecified atom stereocenters. The van der Waals surface area contributed by atoms with Crippen LogP contribution in [0.15, 0.2) is 91.0 Å². The summed E-state index contributed by atoms with van der Waals surface area (Å²) in [6.45, 7) is 15.3. The zero-order chi connectivity index (χ0) is 50.6. The Morgan fingerprint density at radius 2 is 1.14 bits per heavy atom. The molecule has 17 heteroatoms. The highest BCUT2D eigenvalue weighted by atomic mass is 16.7. The average Bonchev–Trinajstić information content (AvgIpc) is 3.90. The van der Waals surface area contributed by atoms with Gasteiger partial charge in [0.15, 0.2) is 24.6 Å². The van der Waals surface area contributed by atoms with Gasteiger partial charge in [0.2, 0.25) is 0 Å². The molecule has 0 radical (unpaired) electrons. The van der Waals surface area contributed by atoms with Crippen LogP contribution in [0.2, 0.25) is 0 Å². The molecule has 5 atom stereocenters. The fraction of sp³-hybridized carbons (Fsp3) is 0.436. The highest BCUT2D eigenvalue weighted by molar-refractivity contribution is 6.09. The summed E-state index contributed by atoms with van der Waals surface area (Å²) in [4.78, 5) is 65.0. The first-order valence-corrected chi connectivity index (χ1v) is 24.9. The fourth-order valence-electron chi connectivity index (χ4n) is 10.3. The highest BCUT2D eigenvalue weighted by Crippen LogP contribution is 2.40. The molecule has 0 aliphatic carbocycles. The van der Waals surface area contributed by atoms with E-state index in [-0.39, 0.29) is 19.8 Å². The van der Waals surface area contributed by atoms with Gasteiger partial charge in [-0.2, -0.15) is 0 Å². The summed E-state index contributed by atoms with van der Waals surface area (Å²) in [6.07, 6.45) is -6.57. The summed E-state index contributed by atoms with van der Waals surface area (Å²) in [5, 5.41) is 2.24. The van der Waals surface area contributed by atoms with Crippen molar-refractivity contribution in [1.29, 1.82) is 0 Å². The van der Waals surface area contributed by atoms with E-state index in [1.54, 1.807) is 0 Å². The number of para-hydroxylation sites is 1. The molecular weight excluding hydrogens is 919 g/mol. The maximum Gasteiger partial charge on any atom is 0.303 e. The predicted molar refractivity (Wildman–Crippen MR) is 275 cm³/mol. The second kappa shape index (κ2) is 21.9. The van der Waals surface area contributed by atoms with Crippen LogP contribution in [0.4, 0.5) is 11.4 Å². The fourth-order valence-corrected chi connectivity index (χ4v) is 10.3. The van der Waals surface area contributed by atoms with Gasteiger partial charge in [0.25, 0.3) is 0 Å². The van der Waals surface area contributed by atoms with Crippen molar-refractivity contribution in [3.05, 3.63) is 91.0 Å². The monoisotopic (exact) mass is 983 g/mol. The number of rotatable bonds is 15. The minimum atomic E-state index is -1.37. The van der Waals surface area contributed by atoms with Crippen molar-refractivity contribution in [3.63, 3.8) is 0 Å². The lowest BCUT2D eigenvalue weighted by Crippen LogP contribution is -2.63. The smallest absolute Gasteiger partial charge is 0.303 e. The molecule has 3 aliphatic heterocycles. The first-order chi connectivity index (χ1) is 34.8. The Bertz CT molecular complexity index is 2900. The molecule has 9 rings (SSSR count). The van der Waals surface area contributed by atoms with Crippen LogP contribution in [0.25, 0.3) is 55.7 Å². The summed E-state index contributed by atoms with van der Waals surface area (Å²) in [5.41, 5.74) is 8.99. The number of piperazine rings is 2. The van der Waals surface area contributed by atoms with Crippen LogP contribution >= 0.6 is 0 Å². The second-order valence-corrected chi connectivity index (χ2v) is 18.9. The van der Waals surface area contributed by atoms with Crippen LogP contribution in [0.1, 0.15) is 34.6 Å². The predicted octanol–water partition coefficient (Wildman–Crippen LogP) is 6.62. The van der Waals surface area contributed by atoms with Crippen LogP contribution in [0.5, 0.6) is 0 Å². The van der Waals surface area contributed by atoms with E-state index in [0.29, 0.717) is 5.82 Å². The number of likely N-dealkylation sites (N-methyl/N-ethyl adjacent to an activating group) is 2. The summed E-state index contributed by atoms with van der Waals surface area (Å²) in [7, 11) is 4.31. The maximum absolute atomic E-state index is 12.7. The van der Waals surface area contributed by atoms with Gasteiger partial charge in [0.05, 0.1) is 18.0 Å². The van der Waals surface area contributed by atoms with E-state index in [1.807, 2.05) is 0 Å². The Labute approximate surface area is 420 Å². The summed E-state index contributed by atoms with van der Waals surface area (Å²) >= 11 is 0. The van der Waals surface area contributed by atoms with E-state index >= 15 is 0 Å². The number of esters is 4. The van der Waals surface area contributed by atoms with Crippen LogP contribution in [-0.2, 0) is 60.7 Å². The number of nitrogens with zero attached hydrogens (tertiary/aromatic N) is 7. The number of ether oxygens (including phenoxy) is 6. The molecule has 0 saturated carbocycles. The molecule has 6 aromatic rings. The third-order valence-corrected chi connectivity index (χ3v) is 13.9. The van der Waals surface area contributed by atoms with Crippen LogP contribution < -0.4 is 9.80 Å². The standard InChI is InChI=1S/C55H65N7O10/c1-8-61-46-12-10-9-11-44(46)45-33-41(17-22-47(45)61)54-56-49(39-13-18-42(19-14-39)59-27-23-57(6)24-28-59)50(40-15-20-43(21-16-40)60-29-25-58(7)26-30-60)62(54)31-32-67-55-53(71-38(5)66)52(70-37(4)65)51(69-36(3)64)48(72-55)34-68-35(2)63/h9-22,33,48,51-53,55H,8,23-32,34H2,1-7H3/t48-,51-,52+,53-,55-/m1/s1. The average molecular weight is 984 g/mol. The van der Waals surface area contributed by atoms with Crippen molar-refractivity contribution in [3.8, 4) is 33.9 Å². The number of carbonyl (C=O) groups is 4. The van der Waals surface area contributed by atoms with Crippen molar-refractivity contribution >= 4 is 57.1 Å². The number of hydrogen-bond donors (Lipinski definition) is 0. The summed E-state index contributed by atoms with van der Waals surface area (Å²) in [6, 6.07) is 32.3. The van der Waals surface area contributed by atoms with Crippen molar-refractivity contribution in [2.75, 3.05) is 89.5 Å². The van der Waals surface area contributed by atoms with E-state index in [4.69, 9.17) is 33.4 Å². The van der Waals surface area contributed by atoms with E-state index in [2.05, 4.69) is 141 Å². The van der Waals surface area contributed by atoms with Crippen molar-refractivity contribution in [1.82, 2.24) is 23.9 Å². The molecule has 380 valence electrons. The number of benzene rings is 4. The number of hydrogen-bond acceptors (Lipinski definition) is 15. The zero-order valence-corrected chi connectivity index (χ0v) is 42.2. The quantitative estimate of drug-likeness (QED) is 0.0798. The normalized spacial score (nSPS) is 21.0. The Balaban J connectivity index is 1.16. The number of anilines is 2. The largest absolute Gasteiger partial charge is 0.463 e. The number of aromatic nitrogens is 3. The topological polar surface area (TPSA) is 159 Å². The van der Waals surface area contributed by atoms with Gasteiger partial charge >= 0.3 is 23.9 Å². The minimum Gasteiger partial charge on any atom is -0.463 e. The van der Waals surface area contributed by atoms with Gasteiger partial charge in [-0.3, -0.25) is 19.2 Å². The Morgan fingerprint density at radius 1 is 0.597 bits per heavy atom. The lowest BCUT2D eigenvalue weighted by atomic mass is 9.98. The molecule has 3 saturated heterocycles. The molecule has 0 spiro atoms. The van der Waals surface area contributed by atoms with Crippen LogP contribution in [0.3, 0.4) is 0 Å². The lowest BCUT2D eigenvalue weighted by Gasteiger charge is -2.44. The maximum atomic E-state index is 12.7. The Hall–Kier alpha value is -6.79. The van der Waals surface area contributed by atoms with E-state index in [1.165, 1.54) is 27.7 Å². The molecule has 17 nitrogen and oxygen atoms in total. The van der Waals surface area contributed by atoms with Gasteiger partial charge < -0.3 is 57.2 Å². The highest BCUT2D eigenvalue weighted by Gasteiger charge is 2.53. The molecular formula is C55H65N7O10. The van der Waals surface area contributed by atoms with Crippen LogP contribution in [0, 0.1) is 0 Å². The molecule has 72 heavy (non-hydrogen) atoms. The van der Waals surface area contributed by atoms with Gasteiger partial charge in [-0.1, -0.05) is 42.5 Å². The van der Waals surface area contributed by atoms with Gasteiger partial charge in [0, 0.05) is 143 Å². The first-order valence-electron chi connectivity index (χ1n) is 24.9. The molecule has 3 aliphatic rings. The van der Waals surface area contributed by atoms with E-state index in [9.17, 15) is 19.2 Å². The molecule has 2 aromatic heterocycles. The number of imidazole rings is 1. The van der Waals surface area contributed by atoms with E-state index < -0.39 is 54.6 Å². The molecule has 4 aromatic carbocycles. The van der Waals surface area contributed by atoms with Crippen molar-refractivity contribution in [2.24, 2.45) is 0 Å². The van der Waals surface area contributed by atoms with Gasteiger partial charge in [-0.25, -0.2) is 4.98 Å². The van der Waals surface area contributed by atoms with Gasteiger partial charge in [-0.15, -0.1) is 0 Å². The molecule has 5 heterocycles. The Kier molecular flexibility index (Phi) is 15.3. The minimum absolute atomic E-state index is 0.0251. The third-order valence-electron chi connectivity index (χ3n) is 13.9. The van der Waals surface area contributed by atoms with E-state index in [0.717, 1.165) is 120 Å². The number of fused-ring (bicyclic) bond motifs is 3. The number of aryl methyl sites for hydroxylation is 1. The molecule has 0 bridgehead atoms. The third kappa shape index (κ3) is 10.8. The van der Waals surface area contributed by atoms with Crippen LogP contribution in [-0.4, -0.2) is 158 Å². The lowest BCUT2D eigenvalue weighted by molar-refractivity contribution is -0.308. The number of carbonyl (C=O) groups excluding carboxylic acids is 4. The van der Waals surface area contributed by atoms with Gasteiger partial charge in [-0.05, 0) is 69.6 Å². The zero-order valence-electron chi connectivity index (χ0n) is 42.2. The van der Waals surface area contributed by atoms with Gasteiger partial charge in [0.1, 0.15) is 18.5 Å². The second-order valence-electron chi connectivity index (χ2n) is 18.9. The summed E-state index contributed by atoms with van der Waals surface area (Å²) < 4.78 is 39.9. The van der Waals surface area contributed by atoms with Crippen molar-refractivity contribution in [2.45, 2.75) is 78.4 Å². The van der Waals surface area contributed by atoms with Crippen molar-refractivity contribution < 1.29 is 47.6 Å². The molecule has 0 amide bonds.